The Bertz CT molecular complexity index is 964. The first-order valence-electron chi connectivity index (χ1n) is 9.73. The molecule has 5 heteroatoms. The lowest BCUT2D eigenvalue weighted by atomic mass is 9.95. The summed E-state index contributed by atoms with van der Waals surface area (Å²) < 4.78 is 0. The fraction of sp³-hybridized carbons (Fsp3) is 0.240. The number of ketones is 1. The van der Waals surface area contributed by atoms with Gasteiger partial charge in [-0.2, -0.15) is 0 Å². The predicted molar refractivity (Wildman–Crippen MR) is 119 cm³/mol. The predicted octanol–water partition coefficient (Wildman–Crippen LogP) is 4.91. The molecule has 0 heterocycles. The van der Waals surface area contributed by atoms with Crippen molar-refractivity contribution < 1.29 is 25.2 Å². The molecule has 0 aliphatic rings. The number of aliphatic hydroxyl groups is 1. The number of phenolic OH excluding ortho intramolecular Hbond substituents is 3. The highest BCUT2D eigenvalue weighted by atomic mass is 16.3. The number of rotatable bonds is 9. The molecule has 0 aromatic heterocycles. The number of aromatic hydroxyl groups is 3. The van der Waals surface area contributed by atoms with Gasteiger partial charge in [0.2, 0.25) is 0 Å². The van der Waals surface area contributed by atoms with Gasteiger partial charge >= 0.3 is 0 Å². The summed E-state index contributed by atoms with van der Waals surface area (Å²) in [6.07, 6.45) is 5.24. The van der Waals surface area contributed by atoms with Gasteiger partial charge in [-0.15, -0.1) is 0 Å². The average molecular weight is 408 g/mol. The molecule has 158 valence electrons. The summed E-state index contributed by atoms with van der Waals surface area (Å²) >= 11 is 0. The number of carbonyl (C=O) groups is 1. The first-order chi connectivity index (χ1) is 14.2. The van der Waals surface area contributed by atoms with Gasteiger partial charge in [0.1, 0.15) is 17.2 Å². The zero-order chi connectivity index (χ0) is 22.3. The van der Waals surface area contributed by atoms with E-state index >= 15 is 0 Å². The molecule has 0 saturated heterocycles. The highest BCUT2D eigenvalue weighted by Crippen LogP contribution is 2.33. The monoisotopic (exact) mass is 408 g/mol. The smallest absolute Gasteiger partial charge is 0.189 e. The normalized spacial score (nSPS) is 12.0. The Balaban J connectivity index is 2.15. The Kier molecular flexibility index (Phi) is 8.01. The summed E-state index contributed by atoms with van der Waals surface area (Å²) in [7, 11) is 0. The molecule has 0 bridgehead atoms. The first kappa shape index (κ1) is 23.0. The van der Waals surface area contributed by atoms with Crippen molar-refractivity contribution in [2.24, 2.45) is 0 Å². The number of hydrogen-bond acceptors (Lipinski definition) is 5. The lowest BCUT2D eigenvalue weighted by Crippen LogP contribution is -2.14. The summed E-state index contributed by atoms with van der Waals surface area (Å²) in [6, 6.07) is 8.98. The molecule has 0 saturated carbocycles. The third-order valence-electron chi connectivity index (χ3n) is 4.73. The molecule has 5 nitrogen and oxygen atoms in total. The summed E-state index contributed by atoms with van der Waals surface area (Å²) in [4.78, 5) is 12.5. The lowest BCUT2D eigenvalue weighted by Gasteiger charge is -2.16. The van der Waals surface area contributed by atoms with E-state index in [1.165, 1.54) is 35.9 Å². The van der Waals surface area contributed by atoms with Crippen LogP contribution in [0.15, 0.2) is 66.3 Å². The maximum absolute atomic E-state index is 12.5. The molecule has 0 aliphatic carbocycles. The molecule has 0 amide bonds. The molecule has 0 fully saturated rings. The Morgan fingerprint density at radius 1 is 1.07 bits per heavy atom. The SMILES string of the molecule is C=C(CCC=C(C)C)[C@H](O)Cc1c(O)ccc(C(=O)C=Cc2ccc(O)cc2)c1O. The van der Waals surface area contributed by atoms with Gasteiger partial charge in [-0.1, -0.05) is 36.4 Å². The summed E-state index contributed by atoms with van der Waals surface area (Å²) in [5, 5.41) is 40.4. The zero-order valence-electron chi connectivity index (χ0n) is 17.3. The van der Waals surface area contributed by atoms with E-state index in [9.17, 15) is 25.2 Å². The maximum Gasteiger partial charge on any atom is 0.189 e. The third kappa shape index (κ3) is 6.36. The van der Waals surface area contributed by atoms with Gasteiger partial charge in [0.05, 0.1) is 11.7 Å². The van der Waals surface area contributed by atoms with E-state index < -0.39 is 11.9 Å². The van der Waals surface area contributed by atoms with Crippen LogP contribution in [0.4, 0.5) is 0 Å². The van der Waals surface area contributed by atoms with Crippen LogP contribution >= 0.6 is 0 Å². The van der Waals surface area contributed by atoms with Crippen LogP contribution in [0.2, 0.25) is 0 Å². The highest BCUT2D eigenvalue weighted by Gasteiger charge is 2.20. The largest absolute Gasteiger partial charge is 0.508 e. The lowest BCUT2D eigenvalue weighted by molar-refractivity contribution is 0.104. The van der Waals surface area contributed by atoms with E-state index in [2.05, 4.69) is 6.58 Å². The fourth-order valence-electron chi connectivity index (χ4n) is 2.92. The molecule has 2 rings (SSSR count). The van der Waals surface area contributed by atoms with Gasteiger partial charge in [-0.3, -0.25) is 4.79 Å². The minimum atomic E-state index is -0.953. The number of hydrogen-bond donors (Lipinski definition) is 4. The topological polar surface area (TPSA) is 98.0 Å². The molecular weight excluding hydrogens is 380 g/mol. The van der Waals surface area contributed by atoms with Crippen LogP contribution in [-0.4, -0.2) is 32.3 Å². The Morgan fingerprint density at radius 2 is 1.73 bits per heavy atom. The molecule has 0 unspecified atom stereocenters. The van der Waals surface area contributed by atoms with E-state index in [4.69, 9.17) is 0 Å². The van der Waals surface area contributed by atoms with Crippen LogP contribution in [0.1, 0.15) is 48.2 Å². The van der Waals surface area contributed by atoms with E-state index in [1.807, 2.05) is 19.9 Å². The van der Waals surface area contributed by atoms with Crippen LogP contribution in [0.5, 0.6) is 17.2 Å². The van der Waals surface area contributed by atoms with Gasteiger partial charge in [-0.05, 0) is 68.2 Å². The number of aliphatic hydroxyl groups excluding tert-OH is 1. The second kappa shape index (κ2) is 10.5. The van der Waals surface area contributed by atoms with Gasteiger partial charge in [0, 0.05) is 12.0 Å². The first-order valence-corrected chi connectivity index (χ1v) is 9.73. The standard InChI is InChI=1S/C25H28O5/c1-16(2)5-4-6-17(3)24(29)15-21-23(28)14-12-20(25(21)30)22(27)13-9-18-7-10-19(26)11-8-18/h5,7-14,24,26,28-30H,3-4,6,15H2,1-2H3/t24-/m1/s1. The summed E-state index contributed by atoms with van der Waals surface area (Å²) in [5.74, 6) is -0.867. The minimum Gasteiger partial charge on any atom is -0.508 e. The molecule has 0 radical (unpaired) electrons. The fourth-order valence-corrected chi connectivity index (χ4v) is 2.92. The van der Waals surface area contributed by atoms with Gasteiger partial charge in [-0.25, -0.2) is 0 Å². The van der Waals surface area contributed by atoms with Crippen LogP contribution in [-0.2, 0) is 6.42 Å². The molecule has 1 atom stereocenters. The second-order valence-electron chi connectivity index (χ2n) is 7.45. The van der Waals surface area contributed by atoms with E-state index in [-0.39, 0.29) is 34.8 Å². The molecular formula is C25H28O5. The van der Waals surface area contributed by atoms with E-state index in [1.54, 1.807) is 18.2 Å². The number of allylic oxidation sites excluding steroid dienone is 3. The van der Waals surface area contributed by atoms with Crippen molar-refractivity contribution >= 4 is 11.9 Å². The van der Waals surface area contributed by atoms with Crippen LogP contribution in [0, 0.1) is 0 Å². The van der Waals surface area contributed by atoms with E-state index in [0.29, 0.717) is 17.6 Å². The average Bonchev–Trinajstić information content (AvgIpc) is 2.70. The van der Waals surface area contributed by atoms with Crippen molar-refractivity contribution in [2.75, 3.05) is 0 Å². The third-order valence-corrected chi connectivity index (χ3v) is 4.73. The molecule has 30 heavy (non-hydrogen) atoms. The molecule has 0 aliphatic heterocycles. The van der Waals surface area contributed by atoms with Crippen molar-refractivity contribution in [3.63, 3.8) is 0 Å². The summed E-state index contributed by atoms with van der Waals surface area (Å²) in [6.45, 7) is 7.88. The molecule has 2 aromatic rings. The van der Waals surface area contributed by atoms with Gasteiger partial charge in [0.15, 0.2) is 5.78 Å². The number of carbonyl (C=O) groups excluding carboxylic acids is 1. The van der Waals surface area contributed by atoms with Crippen molar-refractivity contribution in [3.05, 3.63) is 83.0 Å². The van der Waals surface area contributed by atoms with Crippen molar-refractivity contribution in [1.29, 1.82) is 0 Å². The van der Waals surface area contributed by atoms with Gasteiger partial charge < -0.3 is 20.4 Å². The zero-order valence-corrected chi connectivity index (χ0v) is 17.3. The minimum absolute atomic E-state index is 0.0279. The van der Waals surface area contributed by atoms with Crippen LogP contribution in [0.25, 0.3) is 6.08 Å². The Morgan fingerprint density at radius 3 is 2.37 bits per heavy atom. The van der Waals surface area contributed by atoms with Crippen LogP contribution in [0.3, 0.4) is 0 Å². The second-order valence-corrected chi connectivity index (χ2v) is 7.45. The number of benzene rings is 2. The van der Waals surface area contributed by atoms with Crippen molar-refractivity contribution in [1.82, 2.24) is 0 Å². The molecule has 2 aromatic carbocycles. The van der Waals surface area contributed by atoms with Crippen LogP contribution < -0.4 is 0 Å². The van der Waals surface area contributed by atoms with E-state index in [0.717, 1.165) is 6.42 Å². The quantitative estimate of drug-likeness (QED) is 0.269. The molecule has 4 N–H and O–H groups in total. The molecule has 0 spiro atoms. The highest BCUT2D eigenvalue weighted by molar-refractivity contribution is 6.09. The summed E-state index contributed by atoms with van der Waals surface area (Å²) in [5.41, 5.74) is 2.62. The van der Waals surface area contributed by atoms with Crippen molar-refractivity contribution in [2.45, 2.75) is 39.2 Å². The Labute approximate surface area is 177 Å². The van der Waals surface area contributed by atoms with Crippen molar-refractivity contribution in [3.8, 4) is 17.2 Å². The Hall–Kier alpha value is -3.31. The maximum atomic E-state index is 12.5. The van der Waals surface area contributed by atoms with Gasteiger partial charge in [0.25, 0.3) is 0 Å². The number of phenols is 3.